The molecule has 3 N–H and O–H groups in total. The van der Waals surface area contributed by atoms with Gasteiger partial charge in [-0.05, 0) is 50.8 Å². The first kappa shape index (κ1) is 23.4. The highest BCUT2D eigenvalue weighted by Crippen LogP contribution is 2.35. The smallest absolute Gasteiger partial charge is 0.251 e. The second-order valence-electron chi connectivity index (χ2n) is 7.72. The van der Waals surface area contributed by atoms with Crippen LogP contribution in [0.2, 0.25) is 0 Å². The lowest BCUT2D eigenvalue weighted by molar-refractivity contribution is 0.0954. The maximum atomic E-state index is 12.2. The highest BCUT2D eigenvalue weighted by atomic mass is 16.5. The molecule has 1 fully saturated rings. The standard InChI is InChI=1S/C25H34N4O3/c1-3-26-25(28-17-16-27-24(30)19-10-5-4-6-11-19)29-18-20-12-9-15-22(31-2)23(20)32-21-13-7-8-14-21/h4-6,9-12,15,21H,3,7-8,13-14,16-18H2,1-2H3,(H,27,30)(H2,26,28,29). The Morgan fingerprint density at radius 2 is 1.75 bits per heavy atom. The summed E-state index contributed by atoms with van der Waals surface area (Å²) >= 11 is 0. The molecule has 0 atom stereocenters. The fourth-order valence-electron chi connectivity index (χ4n) is 3.71. The number of methoxy groups -OCH3 is 1. The summed E-state index contributed by atoms with van der Waals surface area (Å²) in [4.78, 5) is 16.9. The summed E-state index contributed by atoms with van der Waals surface area (Å²) in [7, 11) is 1.67. The molecule has 1 aliphatic carbocycles. The average molecular weight is 439 g/mol. The number of nitrogens with zero attached hydrogens (tertiary/aromatic N) is 1. The van der Waals surface area contributed by atoms with Gasteiger partial charge in [0.05, 0.1) is 19.8 Å². The molecule has 172 valence electrons. The molecule has 0 bridgehead atoms. The summed E-state index contributed by atoms with van der Waals surface area (Å²) in [6, 6.07) is 15.1. The van der Waals surface area contributed by atoms with E-state index in [0.29, 0.717) is 31.2 Å². The minimum atomic E-state index is -0.0839. The van der Waals surface area contributed by atoms with Crippen molar-refractivity contribution in [1.29, 1.82) is 0 Å². The molecule has 1 amide bonds. The van der Waals surface area contributed by atoms with Crippen molar-refractivity contribution in [3.63, 3.8) is 0 Å². The van der Waals surface area contributed by atoms with Gasteiger partial charge in [-0.3, -0.25) is 4.79 Å². The maximum Gasteiger partial charge on any atom is 0.251 e. The van der Waals surface area contributed by atoms with Crippen molar-refractivity contribution in [2.75, 3.05) is 26.7 Å². The third-order valence-electron chi connectivity index (χ3n) is 5.36. The molecule has 0 spiro atoms. The van der Waals surface area contributed by atoms with Gasteiger partial charge in [-0.1, -0.05) is 30.3 Å². The molecule has 0 unspecified atom stereocenters. The van der Waals surface area contributed by atoms with Crippen molar-refractivity contribution < 1.29 is 14.3 Å². The molecule has 0 aromatic heterocycles. The zero-order valence-electron chi connectivity index (χ0n) is 19.0. The van der Waals surface area contributed by atoms with E-state index in [9.17, 15) is 4.79 Å². The van der Waals surface area contributed by atoms with Gasteiger partial charge in [-0.25, -0.2) is 4.99 Å². The Morgan fingerprint density at radius 1 is 1.00 bits per heavy atom. The first-order valence-electron chi connectivity index (χ1n) is 11.4. The number of guanidine groups is 1. The summed E-state index contributed by atoms with van der Waals surface area (Å²) in [5.74, 6) is 2.14. The minimum Gasteiger partial charge on any atom is -0.493 e. The van der Waals surface area contributed by atoms with Gasteiger partial charge in [-0.2, -0.15) is 0 Å². The van der Waals surface area contributed by atoms with Crippen molar-refractivity contribution >= 4 is 11.9 Å². The van der Waals surface area contributed by atoms with Crippen LogP contribution in [-0.2, 0) is 6.54 Å². The van der Waals surface area contributed by atoms with Crippen molar-refractivity contribution in [2.24, 2.45) is 4.99 Å². The Kier molecular flexibility index (Phi) is 9.22. The number of nitrogens with one attached hydrogen (secondary N) is 3. The number of benzene rings is 2. The lowest BCUT2D eigenvalue weighted by Crippen LogP contribution is -2.41. The van der Waals surface area contributed by atoms with Crippen LogP contribution in [0.1, 0.15) is 48.5 Å². The predicted molar refractivity (Wildman–Crippen MR) is 127 cm³/mol. The Balaban J connectivity index is 1.57. The van der Waals surface area contributed by atoms with E-state index in [1.165, 1.54) is 12.8 Å². The van der Waals surface area contributed by atoms with E-state index in [2.05, 4.69) is 16.0 Å². The third kappa shape index (κ3) is 6.90. The van der Waals surface area contributed by atoms with Crippen LogP contribution in [0.25, 0.3) is 0 Å². The Bertz CT molecular complexity index is 880. The van der Waals surface area contributed by atoms with Crippen molar-refractivity contribution in [2.45, 2.75) is 45.3 Å². The summed E-state index contributed by atoms with van der Waals surface area (Å²) in [5.41, 5.74) is 1.65. The Labute approximate surface area is 190 Å². The fourth-order valence-corrected chi connectivity index (χ4v) is 3.71. The number of rotatable bonds is 10. The molecule has 2 aromatic rings. The first-order chi connectivity index (χ1) is 15.7. The lowest BCUT2D eigenvalue weighted by atomic mass is 10.1. The number of amides is 1. The highest BCUT2D eigenvalue weighted by molar-refractivity contribution is 5.94. The molecule has 3 rings (SSSR count). The second-order valence-corrected chi connectivity index (χ2v) is 7.72. The number of carbonyl (C=O) groups is 1. The molecule has 1 saturated carbocycles. The number of carbonyl (C=O) groups excluding carboxylic acids is 1. The largest absolute Gasteiger partial charge is 0.493 e. The number of ether oxygens (including phenoxy) is 2. The van der Waals surface area contributed by atoms with Gasteiger partial charge in [0.15, 0.2) is 17.5 Å². The van der Waals surface area contributed by atoms with Crippen LogP contribution in [0.4, 0.5) is 0 Å². The van der Waals surface area contributed by atoms with Crippen molar-refractivity contribution in [1.82, 2.24) is 16.0 Å². The molecular formula is C25H34N4O3. The number of para-hydroxylation sites is 1. The summed E-state index contributed by atoms with van der Waals surface area (Å²) in [5, 5.41) is 9.43. The number of hydrogen-bond acceptors (Lipinski definition) is 4. The SMILES string of the molecule is CCNC(=NCc1cccc(OC)c1OC1CCCC1)NCCNC(=O)c1ccccc1. The highest BCUT2D eigenvalue weighted by Gasteiger charge is 2.20. The maximum absolute atomic E-state index is 12.2. The topological polar surface area (TPSA) is 84.0 Å². The van der Waals surface area contributed by atoms with E-state index in [0.717, 1.165) is 36.4 Å². The van der Waals surface area contributed by atoms with Gasteiger partial charge >= 0.3 is 0 Å². The molecule has 0 aliphatic heterocycles. The predicted octanol–water partition coefficient (Wildman–Crippen LogP) is 3.50. The second kappa shape index (κ2) is 12.6. The normalized spacial score (nSPS) is 14.1. The number of aliphatic imine (C=N–C) groups is 1. The van der Waals surface area contributed by atoms with E-state index in [4.69, 9.17) is 14.5 Å². The minimum absolute atomic E-state index is 0.0839. The molecule has 7 nitrogen and oxygen atoms in total. The monoisotopic (exact) mass is 438 g/mol. The van der Waals surface area contributed by atoms with Gasteiger partial charge in [-0.15, -0.1) is 0 Å². The first-order valence-corrected chi connectivity index (χ1v) is 11.4. The molecule has 1 aliphatic rings. The summed E-state index contributed by atoms with van der Waals surface area (Å²) < 4.78 is 11.8. The molecular weight excluding hydrogens is 404 g/mol. The van der Waals surface area contributed by atoms with Gasteiger partial charge in [0.2, 0.25) is 0 Å². The van der Waals surface area contributed by atoms with E-state index in [1.54, 1.807) is 19.2 Å². The van der Waals surface area contributed by atoms with Crippen LogP contribution in [-0.4, -0.2) is 44.7 Å². The van der Waals surface area contributed by atoms with E-state index in [-0.39, 0.29) is 12.0 Å². The zero-order valence-corrected chi connectivity index (χ0v) is 19.0. The van der Waals surface area contributed by atoms with E-state index < -0.39 is 0 Å². The van der Waals surface area contributed by atoms with Gasteiger partial charge in [0.25, 0.3) is 5.91 Å². The molecule has 0 saturated heterocycles. The fraction of sp³-hybridized carbons (Fsp3) is 0.440. The van der Waals surface area contributed by atoms with Crippen LogP contribution in [0.5, 0.6) is 11.5 Å². The Hall–Kier alpha value is -3.22. The number of hydrogen-bond donors (Lipinski definition) is 3. The van der Waals surface area contributed by atoms with E-state index in [1.807, 2.05) is 43.3 Å². The lowest BCUT2D eigenvalue weighted by Gasteiger charge is -2.19. The average Bonchev–Trinajstić information content (AvgIpc) is 3.34. The molecule has 0 radical (unpaired) electrons. The van der Waals surface area contributed by atoms with Crippen LogP contribution in [0.3, 0.4) is 0 Å². The quantitative estimate of drug-likeness (QED) is 0.300. The van der Waals surface area contributed by atoms with Gasteiger partial charge < -0.3 is 25.4 Å². The summed E-state index contributed by atoms with van der Waals surface area (Å²) in [6.07, 6.45) is 4.83. The molecule has 0 heterocycles. The summed E-state index contributed by atoms with van der Waals surface area (Å²) in [6.45, 7) is 4.28. The van der Waals surface area contributed by atoms with Gasteiger partial charge in [0, 0.05) is 30.8 Å². The van der Waals surface area contributed by atoms with Crippen molar-refractivity contribution in [3.05, 3.63) is 59.7 Å². The van der Waals surface area contributed by atoms with Crippen LogP contribution in [0, 0.1) is 0 Å². The van der Waals surface area contributed by atoms with Crippen LogP contribution < -0.4 is 25.4 Å². The third-order valence-corrected chi connectivity index (χ3v) is 5.36. The molecule has 2 aromatic carbocycles. The van der Waals surface area contributed by atoms with E-state index >= 15 is 0 Å². The molecule has 7 heteroatoms. The van der Waals surface area contributed by atoms with Gasteiger partial charge in [0.1, 0.15) is 0 Å². The van der Waals surface area contributed by atoms with Crippen LogP contribution in [0.15, 0.2) is 53.5 Å². The Morgan fingerprint density at radius 3 is 2.47 bits per heavy atom. The van der Waals surface area contributed by atoms with Crippen molar-refractivity contribution in [3.8, 4) is 11.5 Å². The zero-order chi connectivity index (χ0) is 22.6. The molecule has 32 heavy (non-hydrogen) atoms. The van der Waals surface area contributed by atoms with Crippen LogP contribution >= 0.6 is 0 Å².